The van der Waals surface area contributed by atoms with Gasteiger partial charge in [0.15, 0.2) is 5.82 Å². The van der Waals surface area contributed by atoms with E-state index in [2.05, 4.69) is 13.8 Å². The minimum atomic E-state index is -0.504. The normalized spacial score (nSPS) is 24.3. The lowest BCUT2D eigenvalue weighted by Gasteiger charge is -2.39. The fourth-order valence-electron chi connectivity index (χ4n) is 2.69. The summed E-state index contributed by atoms with van der Waals surface area (Å²) in [5, 5.41) is -0.0370. The van der Waals surface area contributed by atoms with Gasteiger partial charge in [-0.3, -0.25) is 0 Å². The van der Waals surface area contributed by atoms with Crippen LogP contribution in [0.1, 0.15) is 26.7 Å². The van der Waals surface area contributed by atoms with Crippen molar-refractivity contribution in [2.75, 3.05) is 22.9 Å². The number of benzene rings is 1. The maximum atomic E-state index is 14.2. The van der Waals surface area contributed by atoms with Crippen LogP contribution in [0.25, 0.3) is 0 Å². The lowest BCUT2D eigenvalue weighted by molar-refractivity contribution is 0.375. The average molecular weight is 272 g/mol. The minimum absolute atomic E-state index is 0.0370. The van der Waals surface area contributed by atoms with Crippen LogP contribution < -0.4 is 16.4 Å². The van der Waals surface area contributed by atoms with E-state index in [4.69, 9.17) is 23.1 Å². The number of anilines is 3. The number of nitrogen functional groups attached to an aromatic ring is 2. The molecule has 1 aliphatic rings. The average Bonchev–Trinajstić information content (AvgIpc) is 2.29. The summed E-state index contributed by atoms with van der Waals surface area (Å²) in [4.78, 5) is 2.00. The van der Waals surface area contributed by atoms with Crippen LogP contribution in [0.5, 0.6) is 0 Å². The van der Waals surface area contributed by atoms with Crippen molar-refractivity contribution in [3.8, 4) is 0 Å². The molecule has 0 spiro atoms. The summed E-state index contributed by atoms with van der Waals surface area (Å²) in [5.74, 6) is 0.153. The molecule has 2 atom stereocenters. The van der Waals surface area contributed by atoms with Gasteiger partial charge < -0.3 is 16.4 Å². The van der Waals surface area contributed by atoms with E-state index in [9.17, 15) is 4.39 Å². The van der Waals surface area contributed by atoms with E-state index in [1.54, 1.807) is 0 Å². The highest BCUT2D eigenvalue weighted by atomic mass is 35.5. The van der Waals surface area contributed by atoms with Gasteiger partial charge in [-0.15, -0.1) is 0 Å². The first-order chi connectivity index (χ1) is 8.41. The molecule has 0 saturated carbocycles. The highest BCUT2D eigenvalue weighted by Gasteiger charge is 2.28. The van der Waals surface area contributed by atoms with Crippen molar-refractivity contribution in [2.24, 2.45) is 5.92 Å². The molecule has 0 bridgehead atoms. The Bertz CT molecular complexity index is 464. The van der Waals surface area contributed by atoms with Gasteiger partial charge >= 0.3 is 0 Å². The summed E-state index contributed by atoms with van der Waals surface area (Å²) in [7, 11) is 0. The molecule has 0 radical (unpaired) electrons. The molecule has 5 heteroatoms. The smallest absolute Gasteiger partial charge is 0.169 e. The predicted octanol–water partition coefficient (Wildman–Crippen LogP) is 3.27. The van der Waals surface area contributed by atoms with E-state index in [0.29, 0.717) is 17.3 Å². The van der Waals surface area contributed by atoms with Crippen molar-refractivity contribution < 1.29 is 4.39 Å². The molecule has 1 saturated heterocycles. The molecule has 1 heterocycles. The largest absolute Gasteiger partial charge is 0.397 e. The number of piperidine rings is 1. The van der Waals surface area contributed by atoms with E-state index in [-0.39, 0.29) is 16.8 Å². The van der Waals surface area contributed by atoms with Gasteiger partial charge in [0.1, 0.15) is 5.02 Å². The van der Waals surface area contributed by atoms with Crippen LogP contribution in [0.15, 0.2) is 6.07 Å². The van der Waals surface area contributed by atoms with E-state index < -0.39 is 5.82 Å². The number of halogens is 2. The van der Waals surface area contributed by atoms with Crippen molar-refractivity contribution in [3.05, 3.63) is 16.9 Å². The van der Waals surface area contributed by atoms with Crippen molar-refractivity contribution in [1.29, 1.82) is 0 Å². The Kier molecular flexibility index (Phi) is 3.57. The Labute approximate surface area is 112 Å². The van der Waals surface area contributed by atoms with E-state index in [1.165, 1.54) is 6.07 Å². The highest BCUT2D eigenvalue weighted by Crippen LogP contribution is 2.39. The quantitative estimate of drug-likeness (QED) is 0.771. The van der Waals surface area contributed by atoms with Crippen LogP contribution in [0.3, 0.4) is 0 Å². The Morgan fingerprint density at radius 1 is 1.33 bits per heavy atom. The third kappa shape index (κ3) is 2.21. The standard InChI is InChI=1S/C13H19ClFN3/c1-7-3-4-18(8(2)5-7)13-10(17)6-9(16)11(14)12(13)15/h6-8H,3-5,16-17H2,1-2H3. The third-order valence-corrected chi connectivity index (χ3v) is 4.05. The molecule has 3 nitrogen and oxygen atoms in total. The van der Waals surface area contributed by atoms with Gasteiger partial charge in [-0.25, -0.2) is 4.39 Å². The van der Waals surface area contributed by atoms with Crippen molar-refractivity contribution in [1.82, 2.24) is 0 Å². The van der Waals surface area contributed by atoms with Crippen molar-refractivity contribution in [3.63, 3.8) is 0 Å². The monoisotopic (exact) mass is 271 g/mol. The number of hydrogen-bond donors (Lipinski definition) is 2. The molecule has 1 aromatic carbocycles. The number of nitrogens with two attached hydrogens (primary N) is 2. The van der Waals surface area contributed by atoms with Gasteiger partial charge in [0, 0.05) is 12.6 Å². The van der Waals surface area contributed by atoms with Gasteiger partial charge in [-0.2, -0.15) is 0 Å². The Hall–Kier alpha value is -1.16. The molecular weight excluding hydrogens is 253 g/mol. The second-order valence-electron chi connectivity index (χ2n) is 5.20. The van der Waals surface area contributed by atoms with Gasteiger partial charge in [0.05, 0.1) is 17.1 Å². The maximum absolute atomic E-state index is 14.2. The van der Waals surface area contributed by atoms with Gasteiger partial charge in [-0.1, -0.05) is 18.5 Å². The first kappa shape index (κ1) is 13.3. The number of nitrogens with zero attached hydrogens (tertiary/aromatic N) is 1. The molecule has 0 aromatic heterocycles. The molecular formula is C13H19ClFN3. The van der Waals surface area contributed by atoms with Gasteiger partial charge in [0.2, 0.25) is 0 Å². The highest BCUT2D eigenvalue weighted by molar-refractivity contribution is 6.33. The topological polar surface area (TPSA) is 55.3 Å². The van der Waals surface area contributed by atoms with Crippen LogP contribution in [0, 0.1) is 11.7 Å². The SMILES string of the molecule is CC1CCN(c2c(N)cc(N)c(Cl)c2F)C(C)C1. The Morgan fingerprint density at radius 3 is 2.61 bits per heavy atom. The zero-order valence-corrected chi connectivity index (χ0v) is 11.5. The van der Waals surface area contributed by atoms with Crippen LogP contribution in [-0.4, -0.2) is 12.6 Å². The molecule has 4 N–H and O–H groups in total. The minimum Gasteiger partial charge on any atom is -0.397 e. The molecule has 2 rings (SSSR count). The van der Waals surface area contributed by atoms with Crippen LogP contribution in [-0.2, 0) is 0 Å². The number of rotatable bonds is 1. The Morgan fingerprint density at radius 2 is 2.00 bits per heavy atom. The summed E-state index contributed by atoms with van der Waals surface area (Å²) >= 11 is 5.87. The van der Waals surface area contributed by atoms with Gasteiger partial charge in [0.25, 0.3) is 0 Å². The van der Waals surface area contributed by atoms with Crippen LogP contribution in [0.4, 0.5) is 21.5 Å². The summed E-state index contributed by atoms with van der Waals surface area (Å²) in [6, 6.07) is 1.79. The fourth-order valence-corrected chi connectivity index (χ4v) is 2.83. The molecule has 0 amide bonds. The van der Waals surface area contributed by atoms with Crippen molar-refractivity contribution in [2.45, 2.75) is 32.7 Å². The summed E-state index contributed by atoms with van der Waals surface area (Å²) in [6.07, 6.45) is 2.06. The first-order valence-electron chi connectivity index (χ1n) is 6.21. The van der Waals surface area contributed by atoms with Crippen molar-refractivity contribution >= 4 is 28.7 Å². The molecule has 18 heavy (non-hydrogen) atoms. The number of hydrogen-bond acceptors (Lipinski definition) is 3. The molecule has 1 aromatic rings. The summed E-state index contributed by atoms with van der Waals surface area (Å²) < 4.78 is 14.2. The first-order valence-corrected chi connectivity index (χ1v) is 6.59. The third-order valence-electron chi connectivity index (χ3n) is 3.66. The predicted molar refractivity (Wildman–Crippen MR) is 75.4 cm³/mol. The molecule has 0 aliphatic carbocycles. The van der Waals surface area contributed by atoms with Crippen LogP contribution in [0.2, 0.25) is 5.02 Å². The second kappa shape index (κ2) is 4.84. The lowest BCUT2D eigenvalue weighted by atomic mass is 9.92. The zero-order valence-electron chi connectivity index (χ0n) is 10.7. The van der Waals surface area contributed by atoms with Crippen LogP contribution >= 0.6 is 11.6 Å². The maximum Gasteiger partial charge on any atom is 0.169 e. The zero-order chi connectivity index (χ0) is 13.4. The molecule has 2 unspecified atom stereocenters. The summed E-state index contributed by atoms with van der Waals surface area (Å²) in [5.41, 5.74) is 12.4. The van der Waals surface area contributed by atoms with E-state index in [1.807, 2.05) is 4.90 Å². The van der Waals surface area contributed by atoms with Gasteiger partial charge in [-0.05, 0) is 31.7 Å². The second-order valence-corrected chi connectivity index (χ2v) is 5.58. The van der Waals surface area contributed by atoms with E-state index in [0.717, 1.165) is 19.4 Å². The van der Waals surface area contributed by atoms with E-state index >= 15 is 0 Å². The molecule has 100 valence electrons. The lowest BCUT2D eigenvalue weighted by Crippen LogP contribution is -2.41. The summed E-state index contributed by atoms with van der Waals surface area (Å²) in [6.45, 7) is 5.09. The molecule has 1 fully saturated rings. The Balaban J connectivity index is 2.42. The fraction of sp³-hybridized carbons (Fsp3) is 0.538. The molecule has 1 aliphatic heterocycles.